The molecule has 0 aromatic rings. The molecular formula is C20H25Cl2Zr-. The van der Waals surface area contributed by atoms with Crippen molar-refractivity contribution < 1.29 is 20.8 Å². The fourth-order valence-electron chi connectivity index (χ4n) is 4.51. The molecule has 2 atom stereocenters. The minimum atomic E-state index is -0.826. The van der Waals surface area contributed by atoms with Crippen LogP contribution in [0.3, 0.4) is 0 Å². The van der Waals surface area contributed by atoms with E-state index in [1.807, 2.05) is 0 Å². The Hall–Kier alpha value is 0.423. The topological polar surface area (TPSA) is 0 Å². The Morgan fingerprint density at radius 2 is 1.43 bits per heavy atom. The summed E-state index contributed by atoms with van der Waals surface area (Å²) in [5, 5.41) is 0. The number of hydrogen-bond donors (Lipinski definition) is 0. The van der Waals surface area contributed by atoms with E-state index in [1.165, 1.54) is 57.8 Å². The zero-order valence-electron chi connectivity index (χ0n) is 13.7. The number of allylic oxidation sites excluding steroid dienone is 8. The van der Waals surface area contributed by atoms with E-state index < -0.39 is 20.8 Å². The Morgan fingerprint density at radius 1 is 0.870 bits per heavy atom. The van der Waals surface area contributed by atoms with Crippen molar-refractivity contribution in [2.75, 3.05) is 0 Å². The van der Waals surface area contributed by atoms with Crippen LogP contribution in [0.15, 0.2) is 46.6 Å². The molecule has 0 fully saturated rings. The van der Waals surface area contributed by atoms with Gasteiger partial charge in [-0.1, -0.05) is 34.9 Å². The maximum atomic E-state index is 4.93. The van der Waals surface area contributed by atoms with Gasteiger partial charge in [0.1, 0.15) is 0 Å². The first-order valence-corrected chi connectivity index (χ1v) is 15.3. The fourth-order valence-corrected chi connectivity index (χ4v) is 4.51. The number of hydrogen-bond acceptors (Lipinski definition) is 0. The van der Waals surface area contributed by atoms with Crippen LogP contribution in [0, 0.1) is 18.3 Å². The molecule has 0 saturated carbocycles. The van der Waals surface area contributed by atoms with Crippen molar-refractivity contribution in [1.82, 2.24) is 0 Å². The normalized spacial score (nSPS) is 28.4. The van der Waals surface area contributed by atoms with Crippen LogP contribution in [0.4, 0.5) is 0 Å². The molecule has 4 rings (SSSR count). The van der Waals surface area contributed by atoms with E-state index >= 15 is 0 Å². The van der Waals surface area contributed by atoms with E-state index in [1.54, 1.807) is 22.3 Å². The van der Waals surface area contributed by atoms with E-state index in [2.05, 4.69) is 30.7 Å². The van der Waals surface area contributed by atoms with Gasteiger partial charge in [0.15, 0.2) is 0 Å². The second-order valence-electron chi connectivity index (χ2n) is 6.91. The maximum absolute atomic E-state index is 4.93. The van der Waals surface area contributed by atoms with Crippen LogP contribution < -0.4 is 0 Å². The molecule has 0 nitrogen and oxygen atoms in total. The third-order valence-corrected chi connectivity index (χ3v) is 5.64. The van der Waals surface area contributed by atoms with Crippen LogP contribution in [-0.2, 0) is 20.8 Å². The Kier molecular flexibility index (Phi) is 7.30. The van der Waals surface area contributed by atoms with Crippen LogP contribution in [0.25, 0.3) is 0 Å². The van der Waals surface area contributed by atoms with Crippen LogP contribution in [-0.4, -0.2) is 0 Å². The predicted molar refractivity (Wildman–Crippen MR) is 96.9 cm³/mol. The molecule has 0 aromatic carbocycles. The van der Waals surface area contributed by atoms with Gasteiger partial charge in [0, 0.05) is 0 Å². The standard InChI is InChI=1S/C20H25.2ClH.Zr/c1-3-7-19-15(5-1)9-11-17(19)13-14-18-12-10-16-6-2-4-8-20(16)18;;;/h9-13,17-18H,1-8,14H2;2*1H;/q-1;;;+2/p-2. The van der Waals surface area contributed by atoms with Crippen molar-refractivity contribution >= 4 is 17.0 Å². The Balaban J connectivity index is 0.000000485. The summed E-state index contributed by atoms with van der Waals surface area (Å²) in [5.41, 5.74) is 6.86. The van der Waals surface area contributed by atoms with E-state index in [-0.39, 0.29) is 0 Å². The Labute approximate surface area is 159 Å². The quantitative estimate of drug-likeness (QED) is 0.423. The van der Waals surface area contributed by atoms with Crippen molar-refractivity contribution in [3.05, 3.63) is 53.0 Å². The van der Waals surface area contributed by atoms with Gasteiger partial charge in [-0.25, -0.2) is 0 Å². The van der Waals surface area contributed by atoms with Crippen LogP contribution in [0.1, 0.15) is 57.8 Å². The van der Waals surface area contributed by atoms with Crippen molar-refractivity contribution in [2.24, 2.45) is 11.8 Å². The average molecular weight is 428 g/mol. The number of rotatable bonds is 3. The van der Waals surface area contributed by atoms with Crippen LogP contribution >= 0.6 is 17.0 Å². The molecule has 0 heterocycles. The fraction of sp³-hybridized carbons (Fsp3) is 0.550. The molecule has 0 aliphatic heterocycles. The molecule has 0 saturated heterocycles. The van der Waals surface area contributed by atoms with Gasteiger partial charge in [0.2, 0.25) is 0 Å². The summed E-state index contributed by atoms with van der Waals surface area (Å²) in [5.74, 6) is 1.39. The van der Waals surface area contributed by atoms with Gasteiger partial charge >= 0.3 is 37.9 Å². The molecule has 2 unspecified atom stereocenters. The summed E-state index contributed by atoms with van der Waals surface area (Å²) in [4.78, 5) is 0. The first kappa shape index (κ1) is 18.2. The number of halogens is 2. The molecule has 0 spiro atoms. The zero-order valence-corrected chi connectivity index (χ0v) is 17.6. The van der Waals surface area contributed by atoms with Crippen molar-refractivity contribution in [3.8, 4) is 0 Å². The molecule has 0 N–H and O–H groups in total. The third-order valence-electron chi connectivity index (χ3n) is 5.64. The summed E-state index contributed by atoms with van der Waals surface area (Å²) >= 11 is -0.826. The molecule has 0 aromatic heterocycles. The monoisotopic (exact) mass is 425 g/mol. The van der Waals surface area contributed by atoms with E-state index in [9.17, 15) is 0 Å². The van der Waals surface area contributed by atoms with Crippen LogP contribution in [0.5, 0.6) is 0 Å². The van der Waals surface area contributed by atoms with E-state index in [0.717, 1.165) is 5.92 Å². The molecule has 0 radical (unpaired) electrons. The molecule has 0 amide bonds. The molecule has 0 bridgehead atoms. The molecule has 124 valence electrons. The Bertz CT molecular complexity index is 494. The van der Waals surface area contributed by atoms with E-state index in [4.69, 9.17) is 17.0 Å². The van der Waals surface area contributed by atoms with Crippen molar-refractivity contribution in [3.63, 3.8) is 0 Å². The first-order chi connectivity index (χ1) is 11.3. The molecular weight excluding hydrogens is 402 g/mol. The molecule has 3 heteroatoms. The summed E-state index contributed by atoms with van der Waals surface area (Å²) < 4.78 is 0. The van der Waals surface area contributed by atoms with Gasteiger partial charge in [-0.15, -0.1) is 12.0 Å². The SMILES string of the molecule is C1=CC([CH-]CC2C=CC3=C2CCCC3)C2=C1CCCC2.[Cl][Zr][Cl]. The third kappa shape index (κ3) is 4.53. The van der Waals surface area contributed by atoms with E-state index in [0.29, 0.717) is 5.92 Å². The summed E-state index contributed by atoms with van der Waals surface area (Å²) in [6.07, 6.45) is 24.6. The molecule has 4 aliphatic carbocycles. The van der Waals surface area contributed by atoms with Gasteiger partial charge in [-0.3, -0.25) is 0 Å². The Morgan fingerprint density at radius 3 is 2.17 bits per heavy atom. The summed E-state index contributed by atoms with van der Waals surface area (Å²) in [7, 11) is 9.87. The zero-order chi connectivity index (χ0) is 16.1. The predicted octanol–water partition coefficient (Wildman–Crippen LogP) is 7.07. The second kappa shape index (κ2) is 9.21. The van der Waals surface area contributed by atoms with Gasteiger partial charge in [-0.2, -0.15) is 6.42 Å². The van der Waals surface area contributed by atoms with Gasteiger partial charge < -0.3 is 6.42 Å². The molecule has 23 heavy (non-hydrogen) atoms. The van der Waals surface area contributed by atoms with Gasteiger partial charge in [0.05, 0.1) is 0 Å². The van der Waals surface area contributed by atoms with Crippen LogP contribution in [0.2, 0.25) is 0 Å². The van der Waals surface area contributed by atoms with Crippen molar-refractivity contribution in [1.29, 1.82) is 0 Å². The second-order valence-corrected chi connectivity index (χ2v) is 10.6. The first-order valence-electron chi connectivity index (χ1n) is 8.93. The minimum absolute atomic E-state index is 0.659. The molecule has 4 aliphatic rings. The van der Waals surface area contributed by atoms with Gasteiger partial charge in [-0.05, 0) is 62.9 Å². The average Bonchev–Trinajstić information content (AvgIpc) is 3.18. The summed E-state index contributed by atoms with van der Waals surface area (Å²) in [6, 6.07) is 0. The summed E-state index contributed by atoms with van der Waals surface area (Å²) in [6.45, 7) is 0. The van der Waals surface area contributed by atoms with Crippen molar-refractivity contribution in [2.45, 2.75) is 57.8 Å². The van der Waals surface area contributed by atoms with Gasteiger partial charge in [0.25, 0.3) is 0 Å².